The van der Waals surface area contributed by atoms with Crippen LogP contribution in [0.3, 0.4) is 0 Å². The molecule has 0 saturated carbocycles. The van der Waals surface area contributed by atoms with Gasteiger partial charge in [0.2, 0.25) is 0 Å². The van der Waals surface area contributed by atoms with E-state index < -0.39 is 0 Å². The Morgan fingerprint density at radius 1 is 1.00 bits per heavy atom. The van der Waals surface area contributed by atoms with Gasteiger partial charge >= 0.3 is 0 Å². The standard InChI is InChI=1S/C24H29N3O4S/c1-5-12-27(13-6-2)23(28)18-10-11-20(30-4)21(16-18)31-24-25-22(26-32-24)15-17-8-7-9-19(14-17)29-3/h7-11,14,16H,5-6,12-13,15H2,1-4H3. The van der Waals surface area contributed by atoms with E-state index in [0.29, 0.717) is 34.5 Å². The molecular weight excluding hydrogens is 426 g/mol. The van der Waals surface area contributed by atoms with Crippen molar-refractivity contribution in [2.45, 2.75) is 33.1 Å². The summed E-state index contributed by atoms with van der Waals surface area (Å²) in [6, 6.07) is 13.0. The van der Waals surface area contributed by atoms with Crippen molar-refractivity contribution in [3.8, 4) is 22.4 Å². The minimum Gasteiger partial charge on any atom is -0.497 e. The molecule has 0 bridgehead atoms. The second-order valence-electron chi connectivity index (χ2n) is 7.26. The number of hydrogen-bond donors (Lipinski definition) is 0. The van der Waals surface area contributed by atoms with Crippen molar-refractivity contribution in [2.24, 2.45) is 0 Å². The van der Waals surface area contributed by atoms with E-state index in [0.717, 1.165) is 48.8 Å². The van der Waals surface area contributed by atoms with E-state index in [9.17, 15) is 4.79 Å². The van der Waals surface area contributed by atoms with Crippen LogP contribution >= 0.6 is 11.5 Å². The maximum absolute atomic E-state index is 13.0. The number of methoxy groups -OCH3 is 2. The SMILES string of the molecule is CCCN(CCC)C(=O)c1ccc(OC)c(Oc2nc(Cc3cccc(OC)c3)ns2)c1. The smallest absolute Gasteiger partial charge is 0.298 e. The van der Waals surface area contributed by atoms with Crippen molar-refractivity contribution >= 4 is 17.4 Å². The van der Waals surface area contributed by atoms with Gasteiger partial charge in [-0.3, -0.25) is 4.79 Å². The van der Waals surface area contributed by atoms with Crippen LogP contribution in [0.25, 0.3) is 0 Å². The zero-order valence-electron chi connectivity index (χ0n) is 19.0. The van der Waals surface area contributed by atoms with E-state index in [1.807, 2.05) is 29.2 Å². The fraction of sp³-hybridized carbons (Fsp3) is 0.375. The monoisotopic (exact) mass is 455 g/mol. The molecule has 3 aromatic rings. The molecule has 1 heterocycles. The summed E-state index contributed by atoms with van der Waals surface area (Å²) in [6.07, 6.45) is 2.38. The highest BCUT2D eigenvalue weighted by Gasteiger charge is 2.18. The lowest BCUT2D eigenvalue weighted by Gasteiger charge is -2.22. The van der Waals surface area contributed by atoms with Gasteiger partial charge in [-0.2, -0.15) is 9.36 Å². The number of carbonyl (C=O) groups excluding carboxylic acids is 1. The molecule has 1 amide bonds. The van der Waals surface area contributed by atoms with Crippen LogP contribution < -0.4 is 14.2 Å². The second-order valence-corrected chi connectivity index (χ2v) is 7.98. The van der Waals surface area contributed by atoms with Gasteiger partial charge < -0.3 is 19.1 Å². The molecule has 1 aromatic heterocycles. The van der Waals surface area contributed by atoms with Crippen molar-refractivity contribution < 1.29 is 19.0 Å². The summed E-state index contributed by atoms with van der Waals surface area (Å²) >= 11 is 1.16. The number of rotatable bonds is 11. The summed E-state index contributed by atoms with van der Waals surface area (Å²) in [5, 5.41) is 0.393. The lowest BCUT2D eigenvalue weighted by atomic mass is 10.1. The second kappa shape index (κ2) is 11.5. The lowest BCUT2D eigenvalue weighted by molar-refractivity contribution is 0.0755. The summed E-state index contributed by atoms with van der Waals surface area (Å²) in [4.78, 5) is 19.3. The fourth-order valence-corrected chi connectivity index (χ4v) is 3.90. The van der Waals surface area contributed by atoms with Crippen molar-refractivity contribution in [3.05, 3.63) is 59.4 Å². The van der Waals surface area contributed by atoms with Gasteiger partial charge in [0.05, 0.1) is 14.2 Å². The first-order valence-electron chi connectivity index (χ1n) is 10.7. The zero-order chi connectivity index (χ0) is 22.9. The Labute approximate surface area is 193 Å². The molecule has 0 N–H and O–H groups in total. The maximum Gasteiger partial charge on any atom is 0.298 e. The number of amides is 1. The van der Waals surface area contributed by atoms with Crippen LogP contribution in [0.5, 0.6) is 22.4 Å². The molecule has 0 aliphatic heterocycles. The molecule has 0 aliphatic carbocycles. The van der Waals surface area contributed by atoms with E-state index >= 15 is 0 Å². The van der Waals surface area contributed by atoms with Gasteiger partial charge in [-0.25, -0.2) is 0 Å². The summed E-state index contributed by atoms with van der Waals surface area (Å²) < 4.78 is 21.1. The van der Waals surface area contributed by atoms with Gasteiger partial charge in [0.25, 0.3) is 11.1 Å². The van der Waals surface area contributed by atoms with Gasteiger partial charge in [0.1, 0.15) is 5.75 Å². The van der Waals surface area contributed by atoms with Gasteiger partial charge in [-0.1, -0.05) is 26.0 Å². The molecule has 7 nitrogen and oxygen atoms in total. The molecule has 0 spiro atoms. The van der Waals surface area contributed by atoms with E-state index in [2.05, 4.69) is 23.2 Å². The molecule has 170 valence electrons. The summed E-state index contributed by atoms with van der Waals surface area (Å²) in [7, 11) is 3.21. The van der Waals surface area contributed by atoms with Crippen LogP contribution in [0.4, 0.5) is 0 Å². The molecule has 0 atom stereocenters. The summed E-state index contributed by atoms with van der Waals surface area (Å²) in [5.74, 6) is 2.40. The molecule has 32 heavy (non-hydrogen) atoms. The van der Waals surface area contributed by atoms with Gasteiger partial charge in [0.15, 0.2) is 17.3 Å². The number of nitrogens with zero attached hydrogens (tertiary/aromatic N) is 3. The van der Waals surface area contributed by atoms with Crippen molar-refractivity contribution in [1.29, 1.82) is 0 Å². The van der Waals surface area contributed by atoms with Gasteiger partial charge in [-0.05, 0) is 48.7 Å². The van der Waals surface area contributed by atoms with Gasteiger partial charge in [-0.15, -0.1) is 0 Å². The third kappa shape index (κ3) is 5.97. The fourth-order valence-electron chi connectivity index (χ4n) is 3.34. The molecular formula is C24H29N3O4S. The Morgan fingerprint density at radius 3 is 2.47 bits per heavy atom. The van der Waals surface area contributed by atoms with Crippen LogP contribution in [0.1, 0.15) is 48.4 Å². The van der Waals surface area contributed by atoms with Gasteiger partial charge in [0, 0.05) is 36.6 Å². The zero-order valence-corrected chi connectivity index (χ0v) is 19.8. The highest BCUT2D eigenvalue weighted by molar-refractivity contribution is 7.07. The molecule has 0 saturated heterocycles. The number of benzene rings is 2. The highest BCUT2D eigenvalue weighted by Crippen LogP contribution is 2.33. The average molecular weight is 456 g/mol. The maximum atomic E-state index is 13.0. The number of carbonyl (C=O) groups is 1. The first-order chi connectivity index (χ1) is 15.6. The number of hydrogen-bond acceptors (Lipinski definition) is 7. The quantitative estimate of drug-likeness (QED) is 0.396. The molecule has 2 aromatic carbocycles. The minimum atomic E-state index is -0.0165. The topological polar surface area (TPSA) is 73.8 Å². The highest BCUT2D eigenvalue weighted by atomic mass is 32.1. The van der Waals surface area contributed by atoms with E-state index in [-0.39, 0.29) is 5.91 Å². The molecule has 0 aliphatic rings. The number of ether oxygens (including phenoxy) is 3. The van der Waals surface area contributed by atoms with Crippen molar-refractivity contribution in [1.82, 2.24) is 14.3 Å². The Morgan fingerprint density at radius 2 is 1.78 bits per heavy atom. The third-order valence-electron chi connectivity index (χ3n) is 4.83. The average Bonchev–Trinajstić information content (AvgIpc) is 3.25. The van der Waals surface area contributed by atoms with E-state index in [4.69, 9.17) is 14.2 Å². The van der Waals surface area contributed by atoms with E-state index in [1.165, 1.54) is 0 Å². The van der Waals surface area contributed by atoms with Crippen LogP contribution in [-0.2, 0) is 6.42 Å². The predicted octanol–water partition coefficient (Wildman–Crippen LogP) is 5.20. The predicted molar refractivity (Wildman–Crippen MR) is 125 cm³/mol. The molecule has 8 heteroatoms. The van der Waals surface area contributed by atoms with Crippen LogP contribution in [-0.4, -0.2) is 47.5 Å². The minimum absolute atomic E-state index is 0.0165. The van der Waals surface area contributed by atoms with Crippen LogP contribution in [0, 0.1) is 0 Å². The molecule has 0 fully saturated rings. The first kappa shape index (κ1) is 23.5. The largest absolute Gasteiger partial charge is 0.497 e. The molecule has 0 unspecified atom stereocenters. The van der Waals surface area contributed by atoms with Crippen LogP contribution in [0.2, 0.25) is 0 Å². The lowest BCUT2D eigenvalue weighted by Crippen LogP contribution is -2.32. The Balaban J connectivity index is 1.77. The summed E-state index contributed by atoms with van der Waals surface area (Å²) in [5.41, 5.74) is 1.61. The molecule has 3 rings (SSSR count). The normalized spacial score (nSPS) is 10.6. The Bertz CT molecular complexity index is 1030. The first-order valence-corrected chi connectivity index (χ1v) is 11.5. The Kier molecular flexibility index (Phi) is 8.44. The Hall–Kier alpha value is -3.13. The van der Waals surface area contributed by atoms with Crippen molar-refractivity contribution in [3.63, 3.8) is 0 Å². The summed E-state index contributed by atoms with van der Waals surface area (Å²) in [6.45, 7) is 5.58. The number of aromatic nitrogens is 2. The van der Waals surface area contributed by atoms with Crippen LogP contribution in [0.15, 0.2) is 42.5 Å². The third-order valence-corrected chi connectivity index (χ3v) is 5.46. The van der Waals surface area contributed by atoms with Crippen molar-refractivity contribution in [2.75, 3.05) is 27.3 Å². The molecule has 0 radical (unpaired) electrons. The van der Waals surface area contributed by atoms with E-state index in [1.54, 1.807) is 32.4 Å².